The summed E-state index contributed by atoms with van der Waals surface area (Å²) in [6.07, 6.45) is 5.11. The standard InChI is InChI=1S/C17H16N6/c1-11-10-19-12(2)17-21-15(22-23(11)17)8-7-14-6-5-13-4-3-9-18-16(13)20-14/h3-6,9-10H,7-8H2,1-2H3. The number of rotatable bonds is 3. The Morgan fingerprint density at radius 1 is 1.00 bits per heavy atom. The third-order valence-corrected chi connectivity index (χ3v) is 3.88. The zero-order valence-electron chi connectivity index (χ0n) is 13.1. The highest BCUT2D eigenvalue weighted by Crippen LogP contribution is 2.12. The van der Waals surface area contributed by atoms with Crippen LogP contribution in [0.1, 0.15) is 22.9 Å². The van der Waals surface area contributed by atoms with Crippen molar-refractivity contribution < 1.29 is 0 Å². The molecule has 0 aliphatic carbocycles. The molecule has 0 spiro atoms. The van der Waals surface area contributed by atoms with Crippen LogP contribution in [0.5, 0.6) is 0 Å². The van der Waals surface area contributed by atoms with Gasteiger partial charge in [-0.25, -0.2) is 19.5 Å². The van der Waals surface area contributed by atoms with Gasteiger partial charge in [-0.1, -0.05) is 0 Å². The van der Waals surface area contributed by atoms with Gasteiger partial charge in [0.2, 0.25) is 0 Å². The molecule has 0 aliphatic heterocycles. The normalized spacial score (nSPS) is 11.4. The van der Waals surface area contributed by atoms with Crippen molar-refractivity contribution in [2.45, 2.75) is 26.7 Å². The van der Waals surface area contributed by atoms with Crippen molar-refractivity contribution in [2.75, 3.05) is 0 Å². The van der Waals surface area contributed by atoms with Gasteiger partial charge in [0.1, 0.15) is 0 Å². The summed E-state index contributed by atoms with van der Waals surface area (Å²) >= 11 is 0. The van der Waals surface area contributed by atoms with Gasteiger partial charge in [-0.05, 0) is 44.5 Å². The number of hydrogen-bond donors (Lipinski definition) is 0. The van der Waals surface area contributed by atoms with E-state index < -0.39 is 0 Å². The molecular weight excluding hydrogens is 288 g/mol. The monoisotopic (exact) mass is 304 g/mol. The molecule has 6 heteroatoms. The molecule has 6 nitrogen and oxygen atoms in total. The number of hydrogen-bond acceptors (Lipinski definition) is 5. The lowest BCUT2D eigenvalue weighted by molar-refractivity contribution is 0.807. The minimum atomic E-state index is 0.742. The molecule has 0 saturated carbocycles. The second-order valence-corrected chi connectivity index (χ2v) is 5.60. The molecule has 0 unspecified atom stereocenters. The van der Waals surface area contributed by atoms with Crippen molar-refractivity contribution >= 4 is 16.7 Å². The van der Waals surface area contributed by atoms with Crippen LogP contribution in [0.15, 0.2) is 36.7 Å². The zero-order chi connectivity index (χ0) is 15.8. The largest absolute Gasteiger partial charge is 0.256 e. The molecular formula is C17H16N6. The van der Waals surface area contributed by atoms with E-state index in [4.69, 9.17) is 0 Å². The molecule has 0 aliphatic rings. The van der Waals surface area contributed by atoms with E-state index in [-0.39, 0.29) is 0 Å². The summed E-state index contributed by atoms with van der Waals surface area (Å²) in [6, 6.07) is 8.03. The molecule has 4 rings (SSSR count). The molecule has 0 saturated heterocycles. The average Bonchev–Trinajstić information content (AvgIpc) is 3.02. The molecule has 0 fully saturated rings. The Labute approximate surface area is 133 Å². The summed E-state index contributed by atoms with van der Waals surface area (Å²) in [6.45, 7) is 3.93. The quantitative estimate of drug-likeness (QED) is 0.581. The van der Waals surface area contributed by atoms with Crippen LogP contribution in [0.3, 0.4) is 0 Å². The second-order valence-electron chi connectivity index (χ2n) is 5.60. The third kappa shape index (κ3) is 2.52. The van der Waals surface area contributed by atoms with E-state index >= 15 is 0 Å². The van der Waals surface area contributed by atoms with Crippen molar-refractivity contribution in [1.82, 2.24) is 29.5 Å². The second kappa shape index (κ2) is 5.39. The molecule has 114 valence electrons. The first-order chi connectivity index (χ1) is 11.2. The van der Waals surface area contributed by atoms with E-state index in [1.165, 1.54) is 0 Å². The fourth-order valence-corrected chi connectivity index (χ4v) is 2.61. The predicted octanol–water partition coefficient (Wildman–Crippen LogP) is 2.47. The summed E-state index contributed by atoms with van der Waals surface area (Å²) < 4.78 is 1.85. The van der Waals surface area contributed by atoms with Crippen LogP contribution >= 0.6 is 0 Å². The van der Waals surface area contributed by atoms with Crippen molar-refractivity contribution in [3.8, 4) is 0 Å². The number of aryl methyl sites for hydroxylation is 4. The van der Waals surface area contributed by atoms with Crippen molar-refractivity contribution in [3.05, 3.63) is 59.6 Å². The van der Waals surface area contributed by atoms with Gasteiger partial charge < -0.3 is 0 Å². The first-order valence-electron chi connectivity index (χ1n) is 7.59. The van der Waals surface area contributed by atoms with Crippen LogP contribution in [0.25, 0.3) is 16.7 Å². The SMILES string of the molecule is Cc1ncc(C)n2nc(CCc3ccc4cccnc4n3)nc12. The highest BCUT2D eigenvalue weighted by Gasteiger charge is 2.09. The Morgan fingerprint density at radius 3 is 2.78 bits per heavy atom. The van der Waals surface area contributed by atoms with Crippen LogP contribution in [-0.4, -0.2) is 29.5 Å². The van der Waals surface area contributed by atoms with Gasteiger partial charge >= 0.3 is 0 Å². The molecule has 4 aromatic rings. The molecule has 0 bridgehead atoms. The van der Waals surface area contributed by atoms with E-state index in [0.717, 1.165) is 52.4 Å². The van der Waals surface area contributed by atoms with E-state index in [9.17, 15) is 0 Å². The van der Waals surface area contributed by atoms with E-state index in [0.29, 0.717) is 0 Å². The molecule has 0 atom stereocenters. The van der Waals surface area contributed by atoms with Crippen LogP contribution < -0.4 is 0 Å². The van der Waals surface area contributed by atoms with Gasteiger partial charge in [0, 0.05) is 29.9 Å². The van der Waals surface area contributed by atoms with Gasteiger partial charge in [-0.15, -0.1) is 0 Å². The Balaban J connectivity index is 1.60. The van der Waals surface area contributed by atoms with Crippen LogP contribution in [0.2, 0.25) is 0 Å². The highest BCUT2D eigenvalue weighted by atomic mass is 15.3. The summed E-state index contributed by atoms with van der Waals surface area (Å²) in [5.74, 6) is 0.812. The van der Waals surface area contributed by atoms with Gasteiger partial charge in [0.25, 0.3) is 0 Å². The maximum atomic E-state index is 4.60. The third-order valence-electron chi connectivity index (χ3n) is 3.88. The van der Waals surface area contributed by atoms with Gasteiger partial charge in [0.05, 0.1) is 11.4 Å². The highest BCUT2D eigenvalue weighted by molar-refractivity contribution is 5.74. The summed E-state index contributed by atoms with van der Waals surface area (Å²) in [5.41, 5.74) is 4.48. The first kappa shape index (κ1) is 13.8. The van der Waals surface area contributed by atoms with Crippen molar-refractivity contribution in [3.63, 3.8) is 0 Å². The summed E-state index contributed by atoms with van der Waals surface area (Å²) in [5, 5.41) is 5.63. The van der Waals surface area contributed by atoms with Gasteiger partial charge in [0.15, 0.2) is 17.1 Å². The van der Waals surface area contributed by atoms with Crippen LogP contribution in [0, 0.1) is 13.8 Å². The Bertz CT molecular complexity index is 965. The molecule has 0 radical (unpaired) electrons. The van der Waals surface area contributed by atoms with Crippen LogP contribution in [-0.2, 0) is 12.8 Å². The van der Waals surface area contributed by atoms with E-state index in [1.54, 1.807) is 6.20 Å². The maximum absolute atomic E-state index is 4.60. The molecule has 23 heavy (non-hydrogen) atoms. The lowest BCUT2D eigenvalue weighted by atomic mass is 10.2. The zero-order valence-corrected chi connectivity index (χ0v) is 13.1. The fourth-order valence-electron chi connectivity index (χ4n) is 2.61. The average molecular weight is 304 g/mol. The van der Waals surface area contributed by atoms with Crippen LogP contribution in [0.4, 0.5) is 0 Å². The molecule has 0 amide bonds. The van der Waals surface area contributed by atoms with Crippen molar-refractivity contribution in [2.24, 2.45) is 0 Å². The van der Waals surface area contributed by atoms with E-state index in [2.05, 4.69) is 31.1 Å². The summed E-state index contributed by atoms with van der Waals surface area (Å²) in [4.78, 5) is 17.8. The smallest absolute Gasteiger partial charge is 0.177 e. The fraction of sp³-hybridized carbons (Fsp3) is 0.235. The minimum absolute atomic E-state index is 0.742. The Morgan fingerprint density at radius 2 is 1.91 bits per heavy atom. The molecule has 0 N–H and O–H groups in total. The van der Waals surface area contributed by atoms with Crippen molar-refractivity contribution in [1.29, 1.82) is 0 Å². The number of nitrogens with zero attached hydrogens (tertiary/aromatic N) is 6. The Hall–Kier alpha value is -2.89. The van der Waals surface area contributed by atoms with Gasteiger partial charge in [-0.2, -0.15) is 5.10 Å². The predicted molar refractivity (Wildman–Crippen MR) is 87.2 cm³/mol. The topological polar surface area (TPSA) is 68.9 Å². The summed E-state index contributed by atoms with van der Waals surface area (Å²) in [7, 11) is 0. The number of fused-ring (bicyclic) bond motifs is 2. The van der Waals surface area contributed by atoms with E-state index in [1.807, 2.05) is 42.8 Å². The van der Waals surface area contributed by atoms with Gasteiger partial charge in [-0.3, -0.25) is 4.98 Å². The first-order valence-corrected chi connectivity index (χ1v) is 7.59. The lowest BCUT2D eigenvalue weighted by Gasteiger charge is -2.00. The molecule has 0 aromatic carbocycles. The lowest BCUT2D eigenvalue weighted by Crippen LogP contribution is -1.99. The maximum Gasteiger partial charge on any atom is 0.177 e. The minimum Gasteiger partial charge on any atom is -0.256 e. The number of pyridine rings is 2. The molecule has 4 heterocycles. The number of aromatic nitrogens is 6. The Kier molecular flexibility index (Phi) is 3.22. The molecule has 4 aromatic heterocycles.